The number of carbonyl (C=O) groups excluding carboxylic acids is 1. The molecular formula is C12H15BrN2O3. The molecule has 1 rings (SSSR count). The average Bonchev–Trinajstić information content (AvgIpc) is 2.36. The van der Waals surface area contributed by atoms with Crippen molar-refractivity contribution in [2.45, 2.75) is 32.2 Å². The van der Waals surface area contributed by atoms with Gasteiger partial charge in [0.15, 0.2) is 0 Å². The van der Waals surface area contributed by atoms with Crippen LogP contribution >= 0.6 is 15.9 Å². The van der Waals surface area contributed by atoms with E-state index in [0.29, 0.717) is 23.0 Å². The second kappa shape index (κ2) is 5.95. The Hall–Kier alpha value is -1.43. The van der Waals surface area contributed by atoms with Crippen LogP contribution < -0.4 is 5.32 Å². The zero-order valence-electron chi connectivity index (χ0n) is 10.2. The van der Waals surface area contributed by atoms with Gasteiger partial charge in [0.2, 0.25) is 0 Å². The van der Waals surface area contributed by atoms with Gasteiger partial charge in [0.1, 0.15) is 10.1 Å². The number of aromatic nitrogens is 1. The summed E-state index contributed by atoms with van der Waals surface area (Å²) in [6.45, 7) is 3.46. The Bertz CT molecular complexity index is 458. The van der Waals surface area contributed by atoms with Crippen LogP contribution in [-0.4, -0.2) is 27.5 Å². The first-order chi connectivity index (χ1) is 8.46. The average molecular weight is 315 g/mol. The monoisotopic (exact) mass is 314 g/mol. The summed E-state index contributed by atoms with van der Waals surface area (Å²) in [6, 6.07) is 3.21. The van der Waals surface area contributed by atoms with Crippen LogP contribution in [0.1, 0.15) is 37.0 Å². The normalized spacial score (nSPS) is 11.1. The molecule has 0 aliphatic rings. The molecule has 5 nitrogen and oxygen atoms in total. The van der Waals surface area contributed by atoms with Crippen molar-refractivity contribution in [2.75, 3.05) is 0 Å². The lowest BCUT2D eigenvalue weighted by molar-refractivity contribution is -0.144. The minimum atomic E-state index is -1.23. The number of carboxylic acids is 1. The van der Waals surface area contributed by atoms with Gasteiger partial charge in [0.05, 0.1) is 5.56 Å². The van der Waals surface area contributed by atoms with Crippen molar-refractivity contribution in [1.29, 1.82) is 0 Å². The summed E-state index contributed by atoms with van der Waals surface area (Å²) in [7, 11) is 0. The van der Waals surface area contributed by atoms with Gasteiger partial charge in [-0.2, -0.15) is 0 Å². The number of hydrogen-bond acceptors (Lipinski definition) is 3. The third-order valence-electron chi connectivity index (χ3n) is 2.97. The number of carboxylic acid groups (broad SMARTS) is 1. The maximum Gasteiger partial charge on any atom is 0.329 e. The number of nitrogens with one attached hydrogen (secondary N) is 1. The Morgan fingerprint density at radius 3 is 2.50 bits per heavy atom. The molecular weight excluding hydrogens is 300 g/mol. The van der Waals surface area contributed by atoms with Gasteiger partial charge in [-0.1, -0.05) is 13.8 Å². The van der Waals surface area contributed by atoms with Crippen LogP contribution in [0.3, 0.4) is 0 Å². The van der Waals surface area contributed by atoms with Gasteiger partial charge >= 0.3 is 5.97 Å². The van der Waals surface area contributed by atoms with Crippen LogP contribution in [0, 0.1) is 0 Å². The van der Waals surface area contributed by atoms with Crippen LogP contribution in [0.25, 0.3) is 0 Å². The number of halogens is 1. The number of nitrogens with zero attached hydrogens (tertiary/aromatic N) is 1. The summed E-state index contributed by atoms with van der Waals surface area (Å²) in [5.41, 5.74) is -0.906. The Balaban J connectivity index is 3.00. The Morgan fingerprint density at radius 1 is 1.44 bits per heavy atom. The van der Waals surface area contributed by atoms with Crippen molar-refractivity contribution in [3.8, 4) is 0 Å². The standard InChI is InChI=1S/C12H15BrN2O3/c1-3-12(4-2,11(17)18)15-10(16)8-6-5-7-14-9(8)13/h5-7H,3-4H2,1-2H3,(H,15,16)(H,17,18). The highest BCUT2D eigenvalue weighted by Crippen LogP contribution is 2.18. The van der Waals surface area contributed by atoms with Gasteiger partial charge in [-0.25, -0.2) is 9.78 Å². The molecule has 1 heterocycles. The maximum atomic E-state index is 12.1. The topological polar surface area (TPSA) is 79.3 Å². The van der Waals surface area contributed by atoms with Crippen molar-refractivity contribution in [1.82, 2.24) is 10.3 Å². The van der Waals surface area contributed by atoms with Gasteiger partial charge in [0, 0.05) is 6.20 Å². The second-order valence-electron chi connectivity index (χ2n) is 3.89. The number of amides is 1. The number of hydrogen-bond donors (Lipinski definition) is 2. The molecule has 2 N–H and O–H groups in total. The van der Waals surface area contributed by atoms with Gasteiger partial charge in [0.25, 0.3) is 5.91 Å². The molecule has 1 amide bonds. The highest BCUT2D eigenvalue weighted by atomic mass is 79.9. The summed E-state index contributed by atoms with van der Waals surface area (Å²) >= 11 is 3.17. The highest BCUT2D eigenvalue weighted by molar-refractivity contribution is 9.10. The molecule has 0 aliphatic heterocycles. The fourth-order valence-electron chi connectivity index (χ4n) is 1.62. The summed E-state index contributed by atoms with van der Waals surface area (Å²) in [5, 5.41) is 11.8. The molecule has 0 aromatic carbocycles. The van der Waals surface area contributed by atoms with E-state index in [-0.39, 0.29) is 0 Å². The highest BCUT2D eigenvalue weighted by Gasteiger charge is 2.36. The van der Waals surface area contributed by atoms with Gasteiger partial charge in [-0.15, -0.1) is 0 Å². The van der Waals surface area contributed by atoms with E-state index in [0.717, 1.165) is 0 Å². The van der Waals surface area contributed by atoms with Crippen molar-refractivity contribution >= 4 is 27.8 Å². The van der Waals surface area contributed by atoms with Crippen molar-refractivity contribution in [3.05, 3.63) is 28.5 Å². The van der Waals surface area contributed by atoms with E-state index in [2.05, 4.69) is 26.2 Å². The summed E-state index contributed by atoms with van der Waals surface area (Å²) in [5.74, 6) is -1.47. The lowest BCUT2D eigenvalue weighted by Gasteiger charge is -2.28. The van der Waals surface area contributed by atoms with Crippen molar-refractivity contribution in [3.63, 3.8) is 0 Å². The van der Waals surface area contributed by atoms with Gasteiger partial charge in [-0.05, 0) is 40.9 Å². The molecule has 0 saturated heterocycles. The molecule has 98 valence electrons. The van der Waals surface area contributed by atoms with Crippen LogP contribution in [0.15, 0.2) is 22.9 Å². The van der Waals surface area contributed by atoms with Crippen molar-refractivity contribution < 1.29 is 14.7 Å². The summed E-state index contributed by atoms with van der Waals surface area (Å²) < 4.78 is 0.397. The molecule has 1 aromatic rings. The first-order valence-corrected chi connectivity index (χ1v) is 6.42. The molecule has 0 spiro atoms. The van der Waals surface area contributed by atoms with E-state index in [1.807, 2.05) is 0 Å². The molecule has 0 unspecified atom stereocenters. The molecule has 0 radical (unpaired) electrons. The Morgan fingerprint density at radius 2 is 2.06 bits per heavy atom. The molecule has 0 aliphatic carbocycles. The fourth-order valence-corrected chi connectivity index (χ4v) is 2.05. The number of carbonyl (C=O) groups is 2. The lowest BCUT2D eigenvalue weighted by atomic mass is 9.92. The molecule has 0 fully saturated rings. The Kier molecular flexibility index (Phi) is 4.84. The molecule has 0 saturated carbocycles. The quantitative estimate of drug-likeness (QED) is 0.817. The predicted octanol–water partition coefficient (Wildman–Crippen LogP) is 2.22. The molecule has 0 bridgehead atoms. The third kappa shape index (κ3) is 2.87. The lowest BCUT2D eigenvalue weighted by Crippen LogP contribution is -2.53. The van der Waals surface area contributed by atoms with Crippen LogP contribution in [0.4, 0.5) is 0 Å². The van der Waals surface area contributed by atoms with E-state index < -0.39 is 17.4 Å². The van der Waals surface area contributed by atoms with Crippen LogP contribution in [-0.2, 0) is 4.79 Å². The van der Waals surface area contributed by atoms with E-state index in [1.165, 1.54) is 0 Å². The summed E-state index contributed by atoms with van der Waals surface area (Å²) in [4.78, 5) is 27.3. The van der Waals surface area contributed by atoms with Gasteiger partial charge in [-0.3, -0.25) is 4.79 Å². The van der Waals surface area contributed by atoms with E-state index in [9.17, 15) is 14.7 Å². The van der Waals surface area contributed by atoms with Gasteiger partial charge < -0.3 is 10.4 Å². The number of pyridine rings is 1. The molecule has 18 heavy (non-hydrogen) atoms. The first kappa shape index (κ1) is 14.6. The maximum absolute atomic E-state index is 12.1. The molecule has 0 atom stereocenters. The van der Waals surface area contributed by atoms with E-state index in [1.54, 1.807) is 32.2 Å². The first-order valence-electron chi connectivity index (χ1n) is 5.63. The molecule has 6 heteroatoms. The predicted molar refractivity (Wildman–Crippen MR) is 70.4 cm³/mol. The number of rotatable bonds is 5. The number of aliphatic carboxylic acids is 1. The molecule has 1 aromatic heterocycles. The van der Waals surface area contributed by atoms with Crippen LogP contribution in [0.5, 0.6) is 0 Å². The van der Waals surface area contributed by atoms with Crippen molar-refractivity contribution in [2.24, 2.45) is 0 Å². The third-order valence-corrected chi connectivity index (χ3v) is 3.60. The second-order valence-corrected chi connectivity index (χ2v) is 4.64. The summed E-state index contributed by atoms with van der Waals surface area (Å²) in [6.07, 6.45) is 2.19. The zero-order valence-corrected chi connectivity index (χ0v) is 11.8. The SMILES string of the molecule is CCC(CC)(NC(=O)c1cccnc1Br)C(=O)O. The van der Waals surface area contributed by atoms with E-state index >= 15 is 0 Å². The zero-order chi connectivity index (χ0) is 13.8. The van der Waals surface area contributed by atoms with E-state index in [4.69, 9.17) is 0 Å². The largest absolute Gasteiger partial charge is 0.480 e. The Labute approximate surface area is 114 Å². The smallest absolute Gasteiger partial charge is 0.329 e. The van der Waals surface area contributed by atoms with Crippen LogP contribution in [0.2, 0.25) is 0 Å². The minimum Gasteiger partial charge on any atom is -0.480 e. The fraction of sp³-hybridized carbons (Fsp3) is 0.417. The minimum absolute atomic E-state index is 0.322.